The average Bonchev–Trinajstić information content (AvgIpc) is 2.95. The molecule has 1 aromatic heterocycles. The van der Waals surface area contributed by atoms with Crippen molar-refractivity contribution in [2.45, 2.75) is 35.6 Å². The molecule has 1 aromatic carbocycles. The van der Waals surface area contributed by atoms with Crippen molar-refractivity contribution < 1.29 is 9.53 Å². The summed E-state index contributed by atoms with van der Waals surface area (Å²) in [4.78, 5) is 30.0. The van der Waals surface area contributed by atoms with E-state index in [0.717, 1.165) is 17.8 Å². The molecule has 1 aliphatic rings. The van der Waals surface area contributed by atoms with E-state index < -0.39 is 0 Å². The van der Waals surface area contributed by atoms with Crippen molar-refractivity contribution in [1.29, 1.82) is 0 Å². The zero-order valence-electron chi connectivity index (χ0n) is 13.5. The summed E-state index contributed by atoms with van der Waals surface area (Å²) < 4.78 is 6.56. The van der Waals surface area contributed by atoms with Gasteiger partial charge in [0.25, 0.3) is 5.56 Å². The molecule has 0 N–H and O–H groups in total. The third-order valence-corrected chi connectivity index (χ3v) is 5.65. The largest absolute Gasteiger partial charge is 0.465 e. The topological polar surface area (TPSA) is 61.2 Å². The third-order valence-electron chi connectivity index (χ3n) is 3.52. The van der Waals surface area contributed by atoms with Gasteiger partial charge in [0, 0.05) is 11.7 Å². The van der Waals surface area contributed by atoms with E-state index in [1.165, 1.54) is 11.8 Å². The van der Waals surface area contributed by atoms with Crippen LogP contribution in [0.1, 0.15) is 19.5 Å². The van der Waals surface area contributed by atoms with Gasteiger partial charge in [-0.2, -0.15) is 0 Å². The van der Waals surface area contributed by atoms with Crippen LogP contribution in [0.5, 0.6) is 0 Å². The maximum Gasteiger partial charge on any atom is 0.316 e. The number of hydrogen-bond acceptors (Lipinski definition) is 6. The van der Waals surface area contributed by atoms with Gasteiger partial charge < -0.3 is 4.74 Å². The minimum absolute atomic E-state index is 0.0630. The maximum absolute atomic E-state index is 13.0. The molecule has 2 heterocycles. The van der Waals surface area contributed by atoms with Crippen molar-refractivity contribution in [2.24, 2.45) is 0 Å². The Bertz CT molecular complexity index is 805. The number of fused-ring (bicyclic) bond motifs is 1. The molecule has 0 amide bonds. The zero-order valence-corrected chi connectivity index (χ0v) is 15.2. The van der Waals surface area contributed by atoms with Crippen LogP contribution in [0.4, 0.5) is 0 Å². The first-order chi connectivity index (χ1) is 11.6. The first-order valence-corrected chi connectivity index (χ1v) is 9.63. The molecular formula is C17H18N2O3S2. The van der Waals surface area contributed by atoms with Crippen molar-refractivity contribution >= 4 is 29.5 Å². The second-order valence-electron chi connectivity index (χ2n) is 5.37. The monoisotopic (exact) mass is 362 g/mol. The molecule has 7 heteroatoms. The summed E-state index contributed by atoms with van der Waals surface area (Å²) >= 11 is 2.81. The summed E-state index contributed by atoms with van der Waals surface area (Å²) in [7, 11) is 0. The summed E-state index contributed by atoms with van der Waals surface area (Å²) in [5.74, 6) is -0.172. The fourth-order valence-electron chi connectivity index (χ4n) is 2.53. The zero-order chi connectivity index (χ0) is 17.1. The Kier molecular flexibility index (Phi) is 5.30. The Morgan fingerprint density at radius 2 is 2.17 bits per heavy atom. The SMILES string of the molecule is CCOC(=O)CSc1nc2c(c(=O)n1-c1ccccc1)S[C@@H](C)C2. The van der Waals surface area contributed by atoms with Crippen LogP contribution in [-0.2, 0) is 16.0 Å². The van der Waals surface area contributed by atoms with E-state index in [2.05, 4.69) is 11.9 Å². The van der Waals surface area contributed by atoms with Crippen LogP contribution in [0.25, 0.3) is 5.69 Å². The number of para-hydroxylation sites is 1. The predicted octanol–water partition coefficient (Wildman–Crippen LogP) is 2.92. The van der Waals surface area contributed by atoms with E-state index in [0.29, 0.717) is 21.9 Å². The molecule has 1 atom stereocenters. The molecule has 126 valence electrons. The summed E-state index contributed by atoms with van der Waals surface area (Å²) in [6.45, 7) is 4.20. The predicted molar refractivity (Wildman–Crippen MR) is 96.2 cm³/mol. The van der Waals surface area contributed by atoms with Crippen molar-refractivity contribution in [3.05, 3.63) is 46.4 Å². The number of carbonyl (C=O) groups is 1. The molecule has 2 aromatic rings. The lowest BCUT2D eigenvalue weighted by molar-refractivity contribution is -0.139. The van der Waals surface area contributed by atoms with Gasteiger partial charge in [-0.05, 0) is 19.1 Å². The number of carbonyl (C=O) groups excluding carboxylic acids is 1. The van der Waals surface area contributed by atoms with E-state index in [1.54, 1.807) is 23.3 Å². The van der Waals surface area contributed by atoms with Gasteiger partial charge in [-0.3, -0.25) is 14.2 Å². The number of thioether (sulfide) groups is 2. The minimum atomic E-state index is -0.306. The number of esters is 1. The van der Waals surface area contributed by atoms with Crippen LogP contribution in [0.3, 0.4) is 0 Å². The quantitative estimate of drug-likeness (QED) is 0.463. The molecule has 5 nitrogen and oxygen atoms in total. The number of benzene rings is 1. The van der Waals surface area contributed by atoms with Crippen molar-refractivity contribution in [3.8, 4) is 5.69 Å². The lowest BCUT2D eigenvalue weighted by Crippen LogP contribution is -2.24. The molecule has 0 bridgehead atoms. The van der Waals surface area contributed by atoms with Gasteiger partial charge in [-0.15, -0.1) is 11.8 Å². The van der Waals surface area contributed by atoms with Gasteiger partial charge in [0.2, 0.25) is 0 Å². The fraction of sp³-hybridized carbons (Fsp3) is 0.353. The van der Waals surface area contributed by atoms with Crippen LogP contribution in [0.15, 0.2) is 45.2 Å². The molecule has 0 saturated carbocycles. The molecule has 1 aliphatic heterocycles. The molecular weight excluding hydrogens is 344 g/mol. The van der Waals surface area contributed by atoms with E-state index in [-0.39, 0.29) is 17.3 Å². The Hall–Kier alpha value is -1.73. The van der Waals surface area contributed by atoms with Crippen molar-refractivity contribution in [2.75, 3.05) is 12.4 Å². The standard InChI is InChI=1S/C17H18N2O3S2/c1-3-22-14(20)10-23-17-18-13-9-11(2)24-15(13)16(21)19(17)12-7-5-4-6-8-12/h4-8,11H,3,9-10H2,1-2H3/t11-/m0/s1. The molecule has 24 heavy (non-hydrogen) atoms. The van der Waals surface area contributed by atoms with Crippen molar-refractivity contribution in [1.82, 2.24) is 9.55 Å². The van der Waals surface area contributed by atoms with Crippen molar-refractivity contribution in [3.63, 3.8) is 0 Å². The van der Waals surface area contributed by atoms with Crippen LogP contribution < -0.4 is 5.56 Å². The summed E-state index contributed by atoms with van der Waals surface area (Å²) in [6, 6.07) is 9.40. The number of rotatable bonds is 5. The maximum atomic E-state index is 13.0. The second kappa shape index (κ2) is 7.44. The average molecular weight is 362 g/mol. The number of aromatic nitrogens is 2. The third kappa shape index (κ3) is 3.52. The fourth-order valence-corrected chi connectivity index (χ4v) is 4.45. The van der Waals surface area contributed by atoms with Gasteiger partial charge in [0.1, 0.15) is 0 Å². The smallest absolute Gasteiger partial charge is 0.316 e. The lowest BCUT2D eigenvalue weighted by atomic mass is 10.2. The summed E-state index contributed by atoms with van der Waals surface area (Å²) in [6.07, 6.45) is 0.776. The van der Waals surface area contributed by atoms with Gasteiger partial charge in [-0.25, -0.2) is 4.98 Å². The molecule has 0 radical (unpaired) electrons. The molecule has 0 fully saturated rings. The van der Waals surface area contributed by atoms with Crippen LogP contribution in [0, 0.1) is 0 Å². The summed E-state index contributed by atoms with van der Waals surface area (Å²) in [5, 5.41) is 0.877. The highest BCUT2D eigenvalue weighted by atomic mass is 32.2. The number of nitrogens with zero attached hydrogens (tertiary/aromatic N) is 2. The van der Waals surface area contributed by atoms with Gasteiger partial charge in [0.15, 0.2) is 5.16 Å². The van der Waals surface area contributed by atoms with E-state index in [1.807, 2.05) is 30.3 Å². The first kappa shape index (κ1) is 17.1. The molecule has 3 rings (SSSR count). The van der Waals surface area contributed by atoms with Crippen LogP contribution in [0.2, 0.25) is 0 Å². The number of hydrogen-bond donors (Lipinski definition) is 0. The van der Waals surface area contributed by atoms with Crippen LogP contribution >= 0.6 is 23.5 Å². The Morgan fingerprint density at radius 1 is 1.42 bits per heavy atom. The van der Waals surface area contributed by atoms with E-state index in [9.17, 15) is 9.59 Å². The van der Waals surface area contributed by atoms with Gasteiger partial charge >= 0.3 is 5.97 Å². The summed E-state index contributed by atoms with van der Waals surface area (Å²) in [5.41, 5.74) is 1.52. The normalized spacial score (nSPS) is 16.0. The molecule has 0 unspecified atom stereocenters. The second-order valence-corrected chi connectivity index (χ2v) is 7.76. The van der Waals surface area contributed by atoms with Gasteiger partial charge in [-0.1, -0.05) is 36.9 Å². The Morgan fingerprint density at radius 3 is 2.88 bits per heavy atom. The highest BCUT2D eigenvalue weighted by molar-refractivity contribution is 8.00. The highest BCUT2D eigenvalue weighted by Crippen LogP contribution is 2.34. The minimum Gasteiger partial charge on any atom is -0.465 e. The lowest BCUT2D eigenvalue weighted by Gasteiger charge is -2.13. The van der Waals surface area contributed by atoms with Gasteiger partial charge in [0.05, 0.1) is 28.6 Å². The molecule has 0 spiro atoms. The van der Waals surface area contributed by atoms with E-state index in [4.69, 9.17) is 4.74 Å². The van der Waals surface area contributed by atoms with E-state index >= 15 is 0 Å². The Labute approximate surface area is 148 Å². The molecule has 0 saturated heterocycles. The molecule has 0 aliphatic carbocycles. The highest BCUT2D eigenvalue weighted by Gasteiger charge is 2.27. The first-order valence-electron chi connectivity index (χ1n) is 7.76. The Balaban J connectivity index is 2.03. The number of ether oxygens (including phenoxy) is 1. The van der Waals surface area contributed by atoms with Crippen LogP contribution in [-0.4, -0.2) is 33.1 Å².